The fourth-order valence-corrected chi connectivity index (χ4v) is 3.03. The fourth-order valence-electron chi connectivity index (χ4n) is 3.03. The third kappa shape index (κ3) is 4.29. The molecule has 29 heavy (non-hydrogen) atoms. The Bertz CT molecular complexity index is 1130. The van der Waals surface area contributed by atoms with Gasteiger partial charge in [-0.25, -0.2) is 4.98 Å². The molecule has 0 aliphatic carbocycles. The van der Waals surface area contributed by atoms with Gasteiger partial charge in [0.2, 0.25) is 5.91 Å². The van der Waals surface area contributed by atoms with Gasteiger partial charge < -0.3 is 9.72 Å². The molecular weight excluding hydrogens is 379 g/mol. The monoisotopic (exact) mass is 395 g/mol. The zero-order valence-electron chi connectivity index (χ0n) is 15.1. The van der Waals surface area contributed by atoms with Gasteiger partial charge in [-0.2, -0.15) is 13.2 Å². The van der Waals surface area contributed by atoms with Crippen molar-refractivity contribution in [3.63, 3.8) is 0 Å². The molecule has 2 aromatic carbocycles. The van der Waals surface area contributed by atoms with Crippen LogP contribution in [-0.4, -0.2) is 15.3 Å². The summed E-state index contributed by atoms with van der Waals surface area (Å²) in [6.07, 6.45) is -0.601. The zero-order chi connectivity index (χ0) is 20.4. The Morgan fingerprint density at radius 3 is 2.52 bits per heavy atom. The van der Waals surface area contributed by atoms with Crippen LogP contribution in [0.5, 0.6) is 0 Å². The first-order chi connectivity index (χ1) is 13.9. The van der Waals surface area contributed by atoms with E-state index in [4.69, 9.17) is 0 Å². The Morgan fingerprint density at radius 1 is 1.00 bits per heavy atom. The molecule has 7 heteroatoms. The smallest absolute Gasteiger partial charge is 0.326 e. The van der Waals surface area contributed by atoms with Crippen molar-refractivity contribution in [2.24, 2.45) is 0 Å². The van der Waals surface area contributed by atoms with Gasteiger partial charge in [-0.3, -0.25) is 4.79 Å². The van der Waals surface area contributed by atoms with Gasteiger partial charge in [0.15, 0.2) is 0 Å². The number of fused-ring (bicyclic) bond motifs is 1. The van der Waals surface area contributed by atoms with Crippen LogP contribution in [0.25, 0.3) is 16.9 Å². The molecule has 1 amide bonds. The number of pyridine rings is 1. The van der Waals surface area contributed by atoms with E-state index in [1.807, 2.05) is 53.2 Å². The molecule has 0 aliphatic heterocycles. The molecule has 0 saturated heterocycles. The highest BCUT2D eigenvalue weighted by atomic mass is 19.4. The maximum Gasteiger partial charge on any atom is 0.416 e. The number of aromatic nitrogens is 2. The second kappa shape index (κ2) is 7.43. The van der Waals surface area contributed by atoms with Crippen molar-refractivity contribution in [3.05, 3.63) is 90.3 Å². The SMILES string of the molecule is O=C(Cc1ccc(C(F)(F)F)cc1)Nc1cccc(-c2cn3ccccc3n2)c1. The number of halogens is 3. The molecule has 4 aromatic rings. The third-order valence-electron chi connectivity index (χ3n) is 4.45. The van der Waals surface area contributed by atoms with Gasteiger partial charge in [-0.15, -0.1) is 0 Å². The van der Waals surface area contributed by atoms with Crippen LogP contribution in [0, 0.1) is 0 Å². The summed E-state index contributed by atoms with van der Waals surface area (Å²) in [7, 11) is 0. The van der Waals surface area contributed by atoms with E-state index in [-0.39, 0.29) is 12.3 Å². The second-order valence-corrected chi connectivity index (χ2v) is 6.59. The number of hydrogen-bond donors (Lipinski definition) is 1. The number of carbonyl (C=O) groups excluding carboxylic acids is 1. The highest BCUT2D eigenvalue weighted by molar-refractivity contribution is 5.92. The van der Waals surface area contributed by atoms with Crippen molar-refractivity contribution in [2.75, 3.05) is 5.32 Å². The lowest BCUT2D eigenvalue weighted by Crippen LogP contribution is -2.14. The number of nitrogens with one attached hydrogen (secondary N) is 1. The fraction of sp³-hybridized carbons (Fsp3) is 0.0909. The summed E-state index contributed by atoms with van der Waals surface area (Å²) in [5.41, 5.74) is 2.81. The quantitative estimate of drug-likeness (QED) is 0.516. The number of imidazole rings is 1. The summed E-state index contributed by atoms with van der Waals surface area (Å²) >= 11 is 0. The van der Waals surface area contributed by atoms with E-state index in [0.717, 1.165) is 29.0 Å². The number of nitrogens with zero attached hydrogens (tertiary/aromatic N) is 2. The van der Waals surface area contributed by atoms with Crippen molar-refractivity contribution in [1.29, 1.82) is 0 Å². The second-order valence-electron chi connectivity index (χ2n) is 6.59. The Hall–Kier alpha value is -3.61. The molecule has 0 unspecified atom stereocenters. The van der Waals surface area contributed by atoms with E-state index in [9.17, 15) is 18.0 Å². The van der Waals surface area contributed by atoms with Crippen LogP contribution >= 0.6 is 0 Å². The molecule has 0 aliphatic rings. The lowest BCUT2D eigenvalue weighted by atomic mass is 10.1. The summed E-state index contributed by atoms with van der Waals surface area (Å²) in [5.74, 6) is -0.308. The van der Waals surface area contributed by atoms with E-state index in [1.165, 1.54) is 12.1 Å². The Balaban J connectivity index is 1.47. The first kappa shape index (κ1) is 18.7. The molecule has 1 N–H and O–H groups in total. The minimum Gasteiger partial charge on any atom is -0.326 e. The normalized spacial score (nSPS) is 11.6. The number of hydrogen-bond acceptors (Lipinski definition) is 2. The molecule has 2 aromatic heterocycles. The average Bonchev–Trinajstić information content (AvgIpc) is 3.12. The molecule has 2 heterocycles. The molecular formula is C22H16F3N3O. The Labute approximate surface area is 164 Å². The lowest BCUT2D eigenvalue weighted by molar-refractivity contribution is -0.137. The van der Waals surface area contributed by atoms with Crippen molar-refractivity contribution >= 4 is 17.2 Å². The minimum absolute atomic E-state index is 0.0171. The first-order valence-corrected chi connectivity index (χ1v) is 8.89. The predicted molar refractivity (Wildman–Crippen MR) is 104 cm³/mol. The summed E-state index contributed by atoms with van der Waals surface area (Å²) in [5, 5.41) is 2.78. The predicted octanol–water partition coefficient (Wildman–Crippen LogP) is 5.20. The zero-order valence-corrected chi connectivity index (χ0v) is 15.1. The minimum atomic E-state index is -4.39. The summed E-state index contributed by atoms with van der Waals surface area (Å²) in [6, 6.07) is 17.6. The first-order valence-electron chi connectivity index (χ1n) is 8.89. The van der Waals surface area contributed by atoms with E-state index in [1.54, 1.807) is 6.07 Å². The van der Waals surface area contributed by atoms with Crippen LogP contribution in [0.15, 0.2) is 79.1 Å². The number of amides is 1. The molecule has 0 fully saturated rings. The van der Waals surface area contributed by atoms with Crippen molar-refractivity contribution < 1.29 is 18.0 Å². The molecule has 4 nitrogen and oxygen atoms in total. The van der Waals surface area contributed by atoms with Crippen LogP contribution < -0.4 is 5.32 Å². The Kier molecular flexibility index (Phi) is 4.80. The topological polar surface area (TPSA) is 46.4 Å². The van der Waals surface area contributed by atoms with Gasteiger partial charge >= 0.3 is 6.18 Å². The molecule has 4 rings (SSSR count). The summed E-state index contributed by atoms with van der Waals surface area (Å²) < 4.78 is 39.8. The van der Waals surface area contributed by atoms with Gasteiger partial charge in [-0.05, 0) is 42.0 Å². The molecule has 0 saturated carbocycles. The van der Waals surface area contributed by atoms with Gasteiger partial charge in [0, 0.05) is 23.6 Å². The largest absolute Gasteiger partial charge is 0.416 e. The van der Waals surface area contributed by atoms with Gasteiger partial charge in [0.25, 0.3) is 0 Å². The highest BCUT2D eigenvalue weighted by Gasteiger charge is 2.29. The standard InChI is InChI=1S/C22H16F3N3O/c23-22(24,25)17-9-7-15(8-10-17)12-21(29)26-18-5-3-4-16(13-18)19-14-28-11-2-1-6-20(28)27-19/h1-11,13-14H,12H2,(H,26,29). The van der Waals surface area contributed by atoms with Crippen molar-refractivity contribution in [2.45, 2.75) is 12.6 Å². The van der Waals surface area contributed by atoms with E-state index < -0.39 is 11.7 Å². The van der Waals surface area contributed by atoms with Gasteiger partial charge in [0.1, 0.15) is 5.65 Å². The number of carbonyl (C=O) groups is 1. The van der Waals surface area contributed by atoms with Crippen LogP contribution in [0.4, 0.5) is 18.9 Å². The Morgan fingerprint density at radius 2 is 1.79 bits per heavy atom. The number of benzene rings is 2. The number of anilines is 1. The van der Waals surface area contributed by atoms with Crippen LogP contribution in [0.1, 0.15) is 11.1 Å². The maximum atomic E-state index is 12.6. The molecule has 0 bridgehead atoms. The average molecular weight is 395 g/mol. The van der Waals surface area contributed by atoms with E-state index in [2.05, 4.69) is 10.3 Å². The molecule has 0 atom stereocenters. The third-order valence-corrected chi connectivity index (χ3v) is 4.45. The van der Waals surface area contributed by atoms with Gasteiger partial charge in [0.05, 0.1) is 17.7 Å². The molecule has 0 radical (unpaired) electrons. The van der Waals surface area contributed by atoms with Crippen LogP contribution in [-0.2, 0) is 17.4 Å². The van der Waals surface area contributed by atoms with Crippen LogP contribution in [0.2, 0.25) is 0 Å². The number of rotatable bonds is 4. The van der Waals surface area contributed by atoms with E-state index in [0.29, 0.717) is 11.3 Å². The van der Waals surface area contributed by atoms with E-state index >= 15 is 0 Å². The number of alkyl halides is 3. The van der Waals surface area contributed by atoms with Crippen LogP contribution in [0.3, 0.4) is 0 Å². The lowest BCUT2D eigenvalue weighted by Gasteiger charge is -2.09. The van der Waals surface area contributed by atoms with Crippen molar-refractivity contribution in [1.82, 2.24) is 9.38 Å². The summed E-state index contributed by atoms with van der Waals surface area (Å²) in [4.78, 5) is 16.9. The molecule has 0 spiro atoms. The van der Waals surface area contributed by atoms with Gasteiger partial charge in [-0.1, -0.05) is 30.3 Å². The highest BCUT2D eigenvalue weighted by Crippen LogP contribution is 2.29. The maximum absolute atomic E-state index is 12.6. The summed E-state index contributed by atoms with van der Waals surface area (Å²) in [6.45, 7) is 0. The molecule has 146 valence electrons. The van der Waals surface area contributed by atoms with Crippen molar-refractivity contribution in [3.8, 4) is 11.3 Å².